The van der Waals surface area contributed by atoms with Gasteiger partial charge in [-0.05, 0) is 37.6 Å². The van der Waals surface area contributed by atoms with Crippen LogP contribution in [-0.2, 0) is 24.3 Å². The van der Waals surface area contributed by atoms with Gasteiger partial charge in [-0.3, -0.25) is 0 Å². The van der Waals surface area contributed by atoms with Gasteiger partial charge >= 0.3 is 0 Å². The van der Waals surface area contributed by atoms with E-state index in [0.717, 1.165) is 37.5 Å². The second-order valence-corrected chi connectivity index (χ2v) is 4.54. The molecule has 0 atom stereocenters. The summed E-state index contributed by atoms with van der Waals surface area (Å²) in [6.45, 7) is 2.07. The molecule has 0 unspecified atom stereocenters. The van der Waals surface area contributed by atoms with E-state index in [0.29, 0.717) is 6.61 Å². The third-order valence-corrected chi connectivity index (χ3v) is 2.91. The molecule has 0 aliphatic rings. The van der Waals surface area contributed by atoms with Crippen molar-refractivity contribution >= 4 is 0 Å². The molecule has 3 nitrogen and oxygen atoms in total. The molecule has 2 aromatic rings. The van der Waals surface area contributed by atoms with Gasteiger partial charge in [-0.2, -0.15) is 0 Å². The largest absolute Gasteiger partial charge is 0.462 e. The van der Waals surface area contributed by atoms with Gasteiger partial charge in [0.05, 0.1) is 6.54 Å². The summed E-state index contributed by atoms with van der Waals surface area (Å²) in [4.78, 5) is 0. The van der Waals surface area contributed by atoms with Crippen LogP contribution in [0.4, 0.5) is 0 Å². The Bertz CT molecular complexity index is 465. The highest BCUT2D eigenvalue weighted by atomic mass is 16.5. The fraction of sp³-hybridized carbons (Fsp3) is 0.375. The van der Waals surface area contributed by atoms with Crippen LogP contribution < -0.4 is 5.32 Å². The molecular formula is C16H21NO2. The molecular weight excluding hydrogens is 238 g/mol. The van der Waals surface area contributed by atoms with E-state index in [1.807, 2.05) is 25.2 Å². The van der Waals surface area contributed by atoms with E-state index >= 15 is 0 Å². The van der Waals surface area contributed by atoms with E-state index < -0.39 is 0 Å². The molecule has 0 spiro atoms. The standard InChI is InChI=1S/C16H21NO2/c1-17-12-15-9-10-16(19-15)13-18-11-5-8-14-6-3-2-4-7-14/h2-4,6-7,9-10,17H,5,8,11-13H2,1H3. The van der Waals surface area contributed by atoms with Crippen LogP contribution in [0.3, 0.4) is 0 Å². The summed E-state index contributed by atoms with van der Waals surface area (Å²) in [5.74, 6) is 1.84. The molecule has 0 aliphatic carbocycles. The summed E-state index contributed by atoms with van der Waals surface area (Å²) < 4.78 is 11.2. The van der Waals surface area contributed by atoms with Crippen LogP contribution in [0.15, 0.2) is 46.9 Å². The monoisotopic (exact) mass is 259 g/mol. The lowest BCUT2D eigenvalue weighted by atomic mass is 10.1. The predicted octanol–water partition coefficient (Wildman–Crippen LogP) is 3.15. The average Bonchev–Trinajstić information content (AvgIpc) is 2.88. The summed E-state index contributed by atoms with van der Waals surface area (Å²) in [5, 5.41) is 3.06. The maximum atomic E-state index is 5.62. The van der Waals surface area contributed by atoms with E-state index in [2.05, 4.69) is 29.6 Å². The van der Waals surface area contributed by atoms with Gasteiger partial charge in [0.1, 0.15) is 18.1 Å². The van der Waals surface area contributed by atoms with Crippen LogP contribution in [0.2, 0.25) is 0 Å². The molecule has 3 heteroatoms. The molecule has 0 radical (unpaired) electrons. The highest BCUT2D eigenvalue weighted by Crippen LogP contribution is 2.09. The lowest BCUT2D eigenvalue weighted by Gasteiger charge is -2.03. The van der Waals surface area contributed by atoms with E-state index in [-0.39, 0.29) is 0 Å². The van der Waals surface area contributed by atoms with Crippen molar-refractivity contribution in [2.75, 3.05) is 13.7 Å². The van der Waals surface area contributed by atoms with Crippen molar-refractivity contribution in [3.63, 3.8) is 0 Å². The van der Waals surface area contributed by atoms with Gasteiger partial charge in [-0.15, -0.1) is 0 Å². The highest BCUT2D eigenvalue weighted by Gasteiger charge is 2.01. The molecule has 0 bridgehead atoms. The van der Waals surface area contributed by atoms with E-state index in [4.69, 9.17) is 9.15 Å². The van der Waals surface area contributed by atoms with Gasteiger partial charge in [0.15, 0.2) is 0 Å². The van der Waals surface area contributed by atoms with Crippen molar-refractivity contribution < 1.29 is 9.15 Å². The number of nitrogens with one attached hydrogen (secondary N) is 1. The second kappa shape index (κ2) is 7.77. The van der Waals surface area contributed by atoms with Crippen molar-refractivity contribution in [1.82, 2.24) is 5.32 Å². The van der Waals surface area contributed by atoms with Gasteiger partial charge in [-0.25, -0.2) is 0 Å². The maximum absolute atomic E-state index is 5.62. The summed E-state index contributed by atoms with van der Waals surface area (Å²) in [6, 6.07) is 14.4. The number of hydrogen-bond donors (Lipinski definition) is 1. The van der Waals surface area contributed by atoms with E-state index in [1.54, 1.807) is 0 Å². The number of furan rings is 1. The Kier molecular flexibility index (Phi) is 5.66. The Morgan fingerprint density at radius 3 is 2.63 bits per heavy atom. The third kappa shape index (κ3) is 4.89. The number of hydrogen-bond acceptors (Lipinski definition) is 3. The molecule has 1 N–H and O–H groups in total. The molecule has 1 heterocycles. The molecule has 0 saturated carbocycles. The molecule has 0 aliphatic heterocycles. The Labute approximate surface area is 114 Å². The van der Waals surface area contributed by atoms with Gasteiger partial charge < -0.3 is 14.5 Å². The fourth-order valence-corrected chi connectivity index (χ4v) is 1.96. The average molecular weight is 259 g/mol. The molecule has 1 aromatic carbocycles. The molecule has 102 valence electrons. The lowest BCUT2D eigenvalue weighted by molar-refractivity contribution is 0.103. The van der Waals surface area contributed by atoms with Gasteiger partial charge in [0, 0.05) is 6.61 Å². The summed E-state index contributed by atoms with van der Waals surface area (Å²) >= 11 is 0. The van der Waals surface area contributed by atoms with Crippen LogP contribution in [0.5, 0.6) is 0 Å². The summed E-state index contributed by atoms with van der Waals surface area (Å²) in [5.41, 5.74) is 1.36. The normalized spacial score (nSPS) is 10.8. The zero-order valence-corrected chi connectivity index (χ0v) is 11.4. The Morgan fingerprint density at radius 1 is 1.05 bits per heavy atom. The van der Waals surface area contributed by atoms with Crippen LogP contribution in [-0.4, -0.2) is 13.7 Å². The Morgan fingerprint density at radius 2 is 1.84 bits per heavy atom. The lowest BCUT2D eigenvalue weighted by Crippen LogP contribution is -2.03. The van der Waals surface area contributed by atoms with Gasteiger partial charge in [0.25, 0.3) is 0 Å². The van der Waals surface area contributed by atoms with Gasteiger partial charge in [0.2, 0.25) is 0 Å². The first-order valence-corrected chi connectivity index (χ1v) is 6.72. The van der Waals surface area contributed by atoms with Crippen molar-refractivity contribution in [1.29, 1.82) is 0 Å². The van der Waals surface area contributed by atoms with Crippen LogP contribution in [0.25, 0.3) is 0 Å². The van der Waals surface area contributed by atoms with Gasteiger partial charge in [-0.1, -0.05) is 30.3 Å². The zero-order chi connectivity index (χ0) is 13.3. The fourth-order valence-electron chi connectivity index (χ4n) is 1.96. The molecule has 0 amide bonds. The smallest absolute Gasteiger partial charge is 0.129 e. The number of ether oxygens (including phenoxy) is 1. The summed E-state index contributed by atoms with van der Waals surface area (Å²) in [7, 11) is 1.91. The minimum absolute atomic E-state index is 0.554. The van der Waals surface area contributed by atoms with Crippen LogP contribution >= 0.6 is 0 Å². The van der Waals surface area contributed by atoms with E-state index in [1.165, 1.54) is 5.56 Å². The molecule has 19 heavy (non-hydrogen) atoms. The third-order valence-electron chi connectivity index (χ3n) is 2.91. The number of benzene rings is 1. The minimum Gasteiger partial charge on any atom is -0.462 e. The Balaban J connectivity index is 1.61. The number of aryl methyl sites for hydroxylation is 1. The SMILES string of the molecule is CNCc1ccc(COCCCc2ccccc2)o1. The first kappa shape index (κ1) is 13.8. The highest BCUT2D eigenvalue weighted by molar-refractivity contribution is 5.14. The van der Waals surface area contributed by atoms with Crippen LogP contribution in [0, 0.1) is 0 Å². The topological polar surface area (TPSA) is 34.4 Å². The molecule has 1 aromatic heterocycles. The van der Waals surface area contributed by atoms with Crippen molar-refractivity contribution in [3.05, 3.63) is 59.5 Å². The first-order chi connectivity index (χ1) is 9.38. The maximum Gasteiger partial charge on any atom is 0.129 e. The molecule has 0 fully saturated rings. The van der Waals surface area contributed by atoms with Crippen LogP contribution in [0.1, 0.15) is 23.5 Å². The first-order valence-electron chi connectivity index (χ1n) is 6.72. The Hall–Kier alpha value is -1.58. The molecule has 2 rings (SSSR count). The summed E-state index contributed by atoms with van der Waals surface area (Å²) in [6.07, 6.45) is 2.10. The number of rotatable bonds is 8. The van der Waals surface area contributed by atoms with Crippen molar-refractivity contribution in [2.24, 2.45) is 0 Å². The second-order valence-electron chi connectivity index (χ2n) is 4.54. The van der Waals surface area contributed by atoms with Crippen molar-refractivity contribution in [3.8, 4) is 0 Å². The van der Waals surface area contributed by atoms with E-state index in [9.17, 15) is 0 Å². The molecule has 0 saturated heterocycles. The minimum atomic E-state index is 0.554. The predicted molar refractivity (Wildman–Crippen MR) is 75.9 cm³/mol. The quantitative estimate of drug-likeness (QED) is 0.739. The zero-order valence-electron chi connectivity index (χ0n) is 11.4. The van der Waals surface area contributed by atoms with Crippen molar-refractivity contribution in [2.45, 2.75) is 26.0 Å².